The van der Waals surface area contributed by atoms with Gasteiger partial charge in [0.2, 0.25) is 6.79 Å². The number of benzene rings is 2. The van der Waals surface area contributed by atoms with Crippen molar-refractivity contribution in [2.45, 2.75) is 6.92 Å². The van der Waals surface area contributed by atoms with E-state index in [2.05, 4.69) is 0 Å². The lowest BCUT2D eigenvalue weighted by atomic mass is 10.2. The van der Waals surface area contributed by atoms with Gasteiger partial charge in [0.25, 0.3) is 0 Å². The highest BCUT2D eigenvalue weighted by atomic mass is 16.7. The van der Waals surface area contributed by atoms with E-state index < -0.39 is 0 Å². The second-order valence-corrected chi connectivity index (χ2v) is 4.16. The zero-order valence-corrected chi connectivity index (χ0v) is 9.97. The molecular formula is C14H13NO3. The van der Waals surface area contributed by atoms with Crippen molar-refractivity contribution in [3.05, 3.63) is 42.0 Å². The summed E-state index contributed by atoms with van der Waals surface area (Å²) in [5.41, 5.74) is 7.62. The normalized spacial score (nSPS) is 12.5. The molecule has 0 saturated carbocycles. The minimum atomic E-state index is 0.255. The summed E-state index contributed by atoms with van der Waals surface area (Å²) in [6, 6.07) is 11.1. The van der Waals surface area contributed by atoms with Gasteiger partial charge in [-0.3, -0.25) is 0 Å². The van der Waals surface area contributed by atoms with Crippen molar-refractivity contribution in [2.24, 2.45) is 0 Å². The Hall–Kier alpha value is -2.36. The van der Waals surface area contributed by atoms with Crippen LogP contribution in [0.2, 0.25) is 0 Å². The first kappa shape index (κ1) is 10.8. The molecule has 1 aliphatic rings. The molecule has 0 amide bonds. The average molecular weight is 243 g/mol. The van der Waals surface area contributed by atoms with E-state index in [1.165, 1.54) is 0 Å². The van der Waals surface area contributed by atoms with E-state index in [0.717, 1.165) is 11.3 Å². The van der Waals surface area contributed by atoms with Gasteiger partial charge in [0.05, 0.1) is 5.69 Å². The topological polar surface area (TPSA) is 53.7 Å². The third-order valence-corrected chi connectivity index (χ3v) is 2.74. The van der Waals surface area contributed by atoms with Gasteiger partial charge < -0.3 is 19.9 Å². The summed E-state index contributed by atoms with van der Waals surface area (Å²) < 4.78 is 16.3. The van der Waals surface area contributed by atoms with Crippen molar-refractivity contribution in [1.82, 2.24) is 0 Å². The molecule has 0 aliphatic carbocycles. The van der Waals surface area contributed by atoms with Crippen molar-refractivity contribution in [3.63, 3.8) is 0 Å². The molecule has 0 saturated heterocycles. The summed E-state index contributed by atoms with van der Waals surface area (Å²) in [4.78, 5) is 0. The van der Waals surface area contributed by atoms with E-state index in [0.29, 0.717) is 22.9 Å². The monoisotopic (exact) mass is 243 g/mol. The Morgan fingerprint density at radius 1 is 1.06 bits per heavy atom. The molecule has 0 spiro atoms. The van der Waals surface area contributed by atoms with E-state index in [-0.39, 0.29) is 6.79 Å². The smallest absolute Gasteiger partial charge is 0.231 e. The van der Waals surface area contributed by atoms with Crippen LogP contribution in [0.3, 0.4) is 0 Å². The van der Waals surface area contributed by atoms with Gasteiger partial charge in [-0.15, -0.1) is 0 Å². The van der Waals surface area contributed by atoms with Gasteiger partial charge in [-0.1, -0.05) is 6.07 Å². The van der Waals surface area contributed by atoms with E-state index in [9.17, 15) is 0 Å². The highest BCUT2D eigenvalue weighted by Crippen LogP contribution is 2.37. The molecule has 0 aromatic heterocycles. The van der Waals surface area contributed by atoms with Crippen molar-refractivity contribution in [2.75, 3.05) is 12.5 Å². The van der Waals surface area contributed by atoms with Crippen LogP contribution in [0.25, 0.3) is 0 Å². The lowest BCUT2D eigenvalue weighted by Crippen LogP contribution is -1.93. The Balaban J connectivity index is 1.88. The number of nitrogens with two attached hydrogens (primary N) is 1. The summed E-state index contributed by atoms with van der Waals surface area (Å²) in [6.45, 7) is 2.24. The van der Waals surface area contributed by atoms with Crippen molar-refractivity contribution in [3.8, 4) is 23.0 Å². The molecule has 1 heterocycles. The molecule has 1 aliphatic heterocycles. The molecule has 0 fully saturated rings. The van der Waals surface area contributed by atoms with E-state index in [4.69, 9.17) is 19.9 Å². The second kappa shape index (κ2) is 4.14. The van der Waals surface area contributed by atoms with Crippen LogP contribution in [0.15, 0.2) is 36.4 Å². The first-order chi connectivity index (χ1) is 8.72. The van der Waals surface area contributed by atoms with Crippen LogP contribution in [0.5, 0.6) is 23.0 Å². The molecule has 92 valence electrons. The van der Waals surface area contributed by atoms with Gasteiger partial charge in [0.15, 0.2) is 11.5 Å². The molecule has 2 N–H and O–H groups in total. The number of rotatable bonds is 2. The Morgan fingerprint density at radius 3 is 2.72 bits per heavy atom. The van der Waals surface area contributed by atoms with Crippen LogP contribution in [0.4, 0.5) is 5.69 Å². The number of aryl methyl sites for hydroxylation is 1. The van der Waals surface area contributed by atoms with Crippen molar-refractivity contribution in [1.29, 1.82) is 0 Å². The molecule has 3 rings (SSSR count). The van der Waals surface area contributed by atoms with E-state index in [1.807, 2.05) is 37.3 Å². The van der Waals surface area contributed by atoms with Gasteiger partial charge in [-0.2, -0.15) is 0 Å². The van der Waals surface area contributed by atoms with Gasteiger partial charge in [-0.05, 0) is 36.8 Å². The predicted octanol–water partition coefficient (Wildman–Crippen LogP) is 3.10. The standard InChI is InChI=1S/C14H13NO3/c1-9-2-4-12(11(15)6-9)18-10-3-5-13-14(7-10)17-8-16-13/h2-7H,8,15H2,1H3. The molecule has 4 heteroatoms. The second-order valence-electron chi connectivity index (χ2n) is 4.16. The van der Waals surface area contributed by atoms with Crippen LogP contribution in [-0.2, 0) is 0 Å². The molecule has 18 heavy (non-hydrogen) atoms. The summed E-state index contributed by atoms with van der Waals surface area (Å²) in [5.74, 6) is 2.74. The minimum absolute atomic E-state index is 0.255. The highest BCUT2D eigenvalue weighted by molar-refractivity contribution is 5.56. The number of nitrogen functional groups attached to an aromatic ring is 1. The minimum Gasteiger partial charge on any atom is -0.455 e. The quantitative estimate of drug-likeness (QED) is 0.823. The van der Waals surface area contributed by atoms with Gasteiger partial charge in [0.1, 0.15) is 11.5 Å². The fourth-order valence-corrected chi connectivity index (χ4v) is 1.83. The lowest BCUT2D eigenvalue weighted by molar-refractivity contribution is 0.174. The first-order valence-electron chi connectivity index (χ1n) is 5.66. The largest absolute Gasteiger partial charge is 0.455 e. The maximum Gasteiger partial charge on any atom is 0.231 e. The van der Waals surface area contributed by atoms with Crippen LogP contribution >= 0.6 is 0 Å². The number of anilines is 1. The van der Waals surface area contributed by atoms with E-state index >= 15 is 0 Å². The number of ether oxygens (including phenoxy) is 3. The molecular weight excluding hydrogens is 230 g/mol. The Morgan fingerprint density at radius 2 is 1.89 bits per heavy atom. The third-order valence-electron chi connectivity index (χ3n) is 2.74. The zero-order valence-electron chi connectivity index (χ0n) is 9.97. The van der Waals surface area contributed by atoms with Gasteiger partial charge >= 0.3 is 0 Å². The van der Waals surface area contributed by atoms with Crippen LogP contribution in [0.1, 0.15) is 5.56 Å². The SMILES string of the molecule is Cc1ccc(Oc2ccc3c(c2)OCO3)c(N)c1. The predicted molar refractivity (Wildman–Crippen MR) is 68.2 cm³/mol. The molecule has 0 unspecified atom stereocenters. The summed E-state index contributed by atoms with van der Waals surface area (Å²) in [5, 5.41) is 0. The van der Waals surface area contributed by atoms with Gasteiger partial charge in [-0.25, -0.2) is 0 Å². The molecule has 0 radical (unpaired) electrons. The molecule has 2 aromatic carbocycles. The summed E-state index contributed by atoms with van der Waals surface area (Å²) >= 11 is 0. The Labute approximate surface area is 105 Å². The van der Waals surface area contributed by atoms with Crippen LogP contribution in [-0.4, -0.2) is 6.79 Å². The van der Waals surface area contributed by atoms with Crippen molar-refractivity contribution < 1.29 is 14.2 Å². The zero-order chi connectivity index (χ0) is 12.5. The average Bonchev–Trinajstić information content (AvgIpc) is 2.80. The van der Waals surface area contributed by atoms with Crippen LogP contribution < -0.4 is 19.9 Å². The Bertz CT molecular complexity index is 596. The third kappa shape index (κ3) is 1.93. The lowest BCUT2D eigenvalue weighted by Gasteiger charge is -2.09. The van der Waals surface area contributed by atoms with E-state index in [1.54, 1.807) is 6.07 Å². The fraction of sp³-hybridized carbons (Fsp3) is 0.143. The van der Waals surface area contributed by atoms with Crippen molar-refractivity contribution >= 4 is 5.69 Å². The molecule has 0 atom stereocenters. The number of hydrogen-bond donors (Lipinski definition) is 1. The number of hydrogen-bond acceptors (Lipinski definition) is 4. The summed E-state index contributed by atoms with van der Waals surface area (Å²) in [7, 11) is 0. The van der Waals surface area contributed by atoms with Gasteiger partial charge in [0, 0.05) is 6.07 Å². The Kier molecular flexibility index (Phi) is 2.48. The highest BCUT2D eigenvalue weighted by Gasteiger charge is 2.14. The summed E-state index contributed by atoms with van der Waals surface area (Å²) in [6.07, 6.45) is 0. The maximum atomic E-state index is 5.90. The fourth-order valence-electron chi connectivity index (χ4n) is 1.83. The maximum absolute atomic E-state index is 5.90. The molecule has 4 nitrogen and oxygen atoms in total. The van der Waals surface area contributed by atoms with Crippen LogP contribution in [0, 0.1) is 6.92 Å². The number of fused-ring (bicyclic) bond motifs is 1. The molecule has 2 aromatic rings. The first-order valence-corrected chi connectivity index (χ1v) is 5.66. The molecule has 0 bridgehead atoms.